The Morgan fingerprint density at radius 1 is 1.39 bits per heavy atom. The lowest BCUT2D eigenvalue weighted by atomic mass is 9.89. The lowest BCUT2D eigenvalue weighted by molar-refractivity contribution is -0.142. The van der Waals surface area contributed by atoms with Crippen molar-refractivity contribution in [3.8, 4) is 0 Å². The fourth-order valence-corrected chi connectivity index (χ4v) is 4.09. The highest BCUT2D eigenvalue weighted by Crippen LogP contribution is 2.43. The number of hydrogen-bond donors (Lipinski definition) is 1. The van der Waals surface area contributed by atoms with Gasteiger partial charge in [0.1, 0.15) is 0 Å². The maximum absolute atomic E-state index is 11.2. The van der Waals surface area contributed by atoms with Gasteiger partial charge in [0.2, 0.25) is 0 Å². The molecule has 4 unspecified atom stereocenters. The van der Waals surface area contributed by atoms with Crippen molar-refractivity contribution in [2.24, 2.45) is 5.92 Å². The summed E-state index contributed by atoms with van der Waals surface area (Å²) in [7, 11) is 0. The van der Waals surface area contributed by atoms with Gasteiger partial charge < -0.3 is 9.84 Å². The van der Waals surface area contributed by atoms with Crippen molar-refractivity contribution in [1.29, 1.82) is 0 Å². The maximum Gasteiger partial charge on any atom is 0.308 e. The van der Waals surface area contributed by atoms with Gasteiger partial charge in [-0.05, 0) is 46.0 Å². The number of fused-ring (bicyclic) bond motifs is 2. The van der Waals surface area contributed by atoms with Crippen LogP contribution in [0.2, 0.25) is 0 Å². The molecule has 18 heavy (non-hydrogen) atoms. The molecular formula is C14H23NO3. The summed E-state index contributed by atoms with van der Waals surface area (Å²) in [6.07, 6.45) is 5.60. The number of rotatable bonds is 3. The van der Waals surface area contributed by atoms with E-state index in [1.807, 2.05) is 0 Å². The van der Waals surface area contributed by atoms with Crippen molar-refractivity contribution >= 4 is 5.97 Å². The molecule has 4 nitrogen and oxygen atoms in total. The quantitative estimate of drug-likeness (QED) is 0.834. The van der Waals surface area contributed by atoms with Crippen LogP contribution >= 0.6 is 0 Å². The van der Waals surface area contributed by atoms with Crippen LogP contribution in [0.15, 0.2) is 0 Å². The van der Waals surface area contributed by atoms with E-state index < -0.39 is 5.97 Å². The Morgan fingerprint density at radius 3 is 2.72 bits per heavy atom. The van der Waals surface area contributed by atoms with Crippen LogP contribution in [0.25, 0.3) is 0 Å². The maximum atomic E-state index is 11.2. The van der Waals surface area contributed by atoms with Crippen molar-refractivity contribution < 1.29 is 14.6 Å². The van der Waals surface area contributed by atoms with E-state index in [0.717, 1.165) is 32.2 Å². The second kappa shape index (κ2) is 4.20. The second-order valence-electron chi connectivity index (χ2n) is 6.71. The van der Waals surface area contributed by atoms with Crippen LogP contribution in [-0.2, 0) is 9.53 Å². The number of nitrogens with zero attached hydrogens (tertiary/aromatic N) is 1. The van der Waals surface area contributed by atoms with Crippen molar-refractivity contribution in [2.75, 3.05) is 6.54 Å². The van der Waals surface area contributed by atoms with Crippen molar-refractivity contribution in [3.63, 3.8) is 0 Å². The number of ether oxygens (including phenoxy) is 1. The van der Waals surface area contributed by atoms with Gasteiger partial charge >= 0.3 is 5.97 Å². The summed E-state index contributed by atoms with van der Waals surface area (Å²) in [6.45, 7) is 5.22. The molecule has 0 aromatic rings. The molecule has 0 amide bonds. The SMILES string of the molecule is CC1(C)CCC(CN2C3CCC2C(C(=O)O)C3)O1. The Labute approximate surface area is 108 Å². The monoisotopic (exact) mass is 253 g/mol. The van der Waals surface area contributed by atoms with Crippen LogP contribution in [0.3, 0.4) is 0 Å². The summed E-state index contributed by atoms with van der Waals surface area (Å²) in [6, 6.07) is 0.753. The van der Waals surface area contributed by atoms with E-state index in [1.165, 1.54) is 6.42 Å². The van der Waals surface area contributed by atoms with Crippen LogP contribution in [0.5, 0.6) is 0 Å². The third kappa shape index (κ3) is 2.05. The third-order valence-corrected chi connectivity index (χ3v) is 4.97. The van der Waals surface area contributed by atoms with Gasteiger partial charge in [-0.2, -0.15) is 0 Å². The molecule has 3 aliphatic heterocycles. The van der Waals surface area contributed by atoms with E-state index in [-0.39, 0.29) is 17.6 Å². The molecular weight excluding hydrogens is 230 g/mol. The first kappa shape index (κ1) is 12.4. The van der Waals surface area contributed by atoms with Gasteiger partial charge in [-0.25, -0.2) is 0 Å². The fourth-order valence-electron chi connectivity index (χ4n) is 4.09. The largest absolute Gasteiger partial charge is 0.481 e. The van der Waals surface area contributed by atoms with Crippen molar-refractivity contribution in [1.82, 2.24) is 4.90 Å². The molecule has 4 heteroatoms. The number of carboxylic acids is 1. The number of carbonyl (C=O) groups is 1. The molecule has 102 valence electrons. The summed E-state index contributed by atoms with van der Waals surface area (Å²) >= 11 is 0. The smallest absolute Gasteiger partial charge is 0.308 e. The Balaban J connectivity index is 1.63. The zero-order valence-corrected chi connectivity index (χ0v) is 11.3. The molecule has 3 fully saturated rings. The van der Waals surface area contributed by atoms with Gasteiger partial charge in [0.25, 0.3) is 0 Å². The minimum atomic E-state index is -0.611. The molecule has 0 aliphatic carbocycles. The summed E-state index contributed by atoms with van der Waals surface area (Å²) in [5.41, 5.74) is 0.00956. The first-order valence-corrected chi connectivity index (χ1v) is 7.13. The molecule has 4 atom stereocenters. The van der Waals surface area contributed by atoms with E-state index in [0.29, 0.717) is 12.1 Å². The normalized spacial score (nSPS) is 42.6. The zero-order valence-electron chi connectivity index (χ0n) is 11.3. The van der Waals surface area contributed by atoms with Gasteiger partial charge in [0.05, 0.1) is 17.6 Å². The van der Waals surface area contributed by atoms with Gasteiger partial charge in [0, 0.05) is 18.6 Å². The molecule has 3 rings (SSSR count). The minimum Gasteiger partial charge on any atom is -0.481 e. The number of hydrogen-bond acceptors (Lipinski definition) is 3. The zero-order chi connectivity index (χ0) is 12.9. The van der Waals surface area contributed by atoms with Crippen LogP contribution in [0.1, 0.15) is 46.0 Å². The highest BCUT2D eigenvalue weighted by molar-refractivity contribution is 5.71. The molecule has 3 saturated heterocycles. The molecule has 3 heterocycles. The number of aliphatic carboxylic acids is 1. The lowest BCUT2D eigenvalue weighted by Crippen LogP contribution is -2.39. The Bertz CT molecular complexity index is 355. The van der Waals surface area contributed by atoms with E-state index >= 15 is 0 Å². The molecule has 0 saturated carbocycles. The van der Waals surface area contributed by atoms with Gasteiger partial charge in [-0.15, -0.1) is 0 Å². The Kier molecular flexibility index (Phi) is 2.90. The second-order valence-corrected chi connectivity index (χ2v) is 6.71. The summed E-state index contributed by atoms with van der Waals surface area (Å²) in [5, 5.41) is 9.24. The fraction of sp³-hybridized carbons (Fsp3) is 0.929. The van der Waals surface area contributed by atoms with E-state index in [2.05, 4.69) is 18.7 Å². The molecule has 1 N–H and O–H groups in total. The van der Waals surface area contributed by atoms with Crippen LogP contribution in [-0.4, -0.2) is 46.3 Å². The highest BCUT2D eigenvalue weighted by atomic mass is 16.5. The van der Waals surface area contributed by atoms with Crippen molar-refractivity contribution in [2.45, 2.75) is 69.7 Å². The average molecular weight is 253 g/mol. The summed E-state index contributed by atoms with van der Waals surface area (Å²) in [5.74, 6) is -0.752. The molecule has 0 aromatic carbocycles. The Morgan fingerprint density at radius 2 is 2.17 bits per heavy atom. The molecule has 0 aromatic heterocycles. The van der Waals surface area contributed by atoms with Gasteiger partial charge in [-0.1, -0.05) is 0 Å². The first-order chi connectivity index (χ1) is 8.46. The molecule has 0 radical (unpaired) electrons. The first-order valence-electron chi connectivity index (χ1n) is 7.13. The van der Waals surface area contributed by atoms with Crippen LogP contribution < -0.4 is 0 Å². The number of carboxylic acid groups (broad SMARTS) is 1. The molecule has 2 bridgehead atoms. The Hall–Kier alpha value is -0.610. The standard InChI is InChI=1S/C14H23NO3/c1-14(2)6-5-10(18-14)8-15-9-3-4-12(15)11(7-9)13(16)17/h9-12H,3-8H2,1-2H3,(H,16,17). The van der Waals surface area contributed by atoms with Gasteiger partial charge in [0.15, 0.2) is 0 Å². The van der Waals surface area contributed by atoms with Crippen LogP contribution in [0.4, 0.5) is 0 Å². The van der Waals surface area contributed by atoms with E-state index in [9.17, 15) is 9.90 Å². The third-order valence-electron chi connectivity index (χ3n) is 4.97. The van der Waals surface area contributed by atoms with Crippen molar-refractivity contribution in [3.05, 3.63) is 0 Å². The average Bonchev–Trinajstić information content (AvgIpc) is 2.93. The predicted molar refractivity (Wildman–Crippen MR) is 67.4 cm³/mol. The highest BCUT2D eigenvalue weighted by Gasteiger charge is 2.50. The van der Waals surface area contributed by atoms with E-state index in [1.54, 1.807) is 0 Å². The molecule has 0 spiro atoms. The van der Waals surface area contributed by atoms with Crippen LogP contribution in [0, 0.1) is 5.92 Å². The lowest BCUT2D eigenvalue weighted by Gasteiger charge is -2.27. The van der Waals surface area contributed by atoms with Gasteiger partial charge in [-0.3, -0.25) is 9.69 Å². The summed E-state index contributed by atoms with van der Waals surface area (Å²) < 4.78 is 6.04. The molecule has 3 aliphatic rings. The van der Waals surface area contributed by atoms with E-state index in [4.69, 9.17) is 4.74 Å². The summed E-state index contributed by atoms with van der Waals surface area (Å²) in [4.78, 5) is 13.6. The minimum absolute atomic E-state index is 0.00956. The topological polar surface area (TPSA) is 49.8 Å². The predicted octanol–water partition coefficient (Wildman–Crippen LogP) is 1.88.